The topological polar surface area (TPSA) is 127 Å². The van der Waals surface area contributed by atoms with Crippen LogP contribution in [0.1, 0.15) is 45.4 Å². The van der Waals surface area contributed by atoms with Crippen LogP contribution in [0, 0.1) is 0 Å². The predicted molar refractivity (Wildman–Crippen MR) is 69.5 cm³/mol. The van der Waals surface area contributed by atoms with Gasteiger partial charge in [0, 0.05) is 12.8 Å². The number of esters is 2. The van der Waals surface area contributed by atoms with Crippen molar-refractivity contribution >= 4 is 23.9 Å². The normalized spacial score (nSPS) is 18.2. The van der Waals surface area contributed by atoms with Crippen LogP contribution < -0.4 is 0 Å². The molecular weight excluding hydrogens is 284 g/mol. The van der Waals surface area contributed by atoms with E-state index in [1.807, 2.05) is 0 Å². The first-order valence-corrected chi connectivity index (χ1v) is 6.60. The Bertz CT molecular complexity index is 360. The van der Waals surface area contributed by atoms with Gasteiger partial charge in [-0.25, -0.2) is 0 Å². The molecule has 1 rings (SSSR count). The number of carbonyl (C=O) groups excluding carboxylic acids is 2. The van der Waals surface area contributed by atoms with Gasteiger partial charge in [-0.05, 0) is 19.8 Å². The molecule has 0 bridgehead atoms. The van der Waals surface area contributed by atoms with Crippen LogP contribution >= 0.6 is 0 Å². The monoisotopic (exact) mass is 304 g/mol. The summed E-state index contributed by atoms with van der Waals surface area (Å²) in [6, 6.07) is 0. The maximum Gasteiger partial charge on any atom is 0.306 e. The molecule has 1 saturated heterocycles. The van der Waals surface area contributed by atoms with E-state index in [1.165, 1.54) is 0 Å². The molecule has 1 unspecified atom stereocenters. The zero-order valence-corrected chi connectivity index (χ0v) is 11.9. The molecule has 1 heterocycles. The van der Waals surface area contributed by atoms with Gasteiger partial charge in [-0.2, -0.15) is 0 Å². The van der Waals surface area contributed by atoms with E-state index in [0.29, 0.717) is 12.8 Å². The number of ether oxygens (including phenoxy) is 2. The maximum absolute atomic E-state index is 10.8. The first-order chi connectivity index (χ1) is 9.81. The van der Waals surface area contributed by atoms with E-state index in [9.17, 15) is 19.2 Å². The highest BCUT2D eigenvalue weighted by Crippen LogP contribution is 2.04. The SMILES string of the molecule is CC1COC(=O)CCC(=O)O1.O=C(O)CCCCC(=O)O. The van der Waals surface area contributed by atoms with Gasteiger partial charge in [-0.15, -0.1) is 0 Å². The van der Waals surface area contributed by atoms with Crippen molar-refractivity contribution in [2.75, 3.05) is 6.61 Å². The summed E-state index contributed by atoms with van der Waals surface area (Å²) in [7, 11) is 0. The first kappa shape index (κ1) is 18.9. The van der Waals surface area contributed by atoms with Gasteiger partial charge in [0.05, 0.1) is 12.8 Å². The van der Waals surface area contributed by atoms with E-state index in [-0.39, 0.29) is 50.3 Å². The van der Waals surface area contributed by atoms with Crippen LogP contribution in [0.4, 0.5) is 0 Å². The van der Waals surface area contributed by atoms with Crippen molar-refractivity contribution in [1.82, 2.24) is 0 Å². The van der Waals surface area contributed by atoms with Gasteiger partial charge in [0.2, 0.25) is 0 Å². The third-order valence-electron chi connectivity index (χ3n) is 2.38. The van der Waals surface area contributed by atoms with Gasteiger partial charge >= 0.3 is 23.9 Å². The van der Waals surface area contributed by atoms with Crippen LogP contribution in [-0.4, -0.2) is 46.8 Å². The summed E-state index contributed by atoms with van der Waals surface area (Å²) < 4.78 is 9.55. The smallest absolute Gasteiger partial charge is 0.306 e. The maximum atomic E-state index is 10.8. The zero-order valence-electron chi connectivity index (χ0n) is 11.9. The number of cyclic esters (lactones) is 2. The van der Waals surface area contributed by atoms with Gasteiger partial charge in [-0.1, -0.05) is 0 Å². The average molecular weight is 304 g/mol. The van der Waals surface area contributed by atoms with Gasteiger partial charge in [-0.3, -0.25) is 19.2 Å². The summed E-state index contributed by atoms with van der Waals surface area (Å²) in [5, 5.41) is 16.3. The van der Waals surface area contributed by atoms with Crippen LogP contribution in [0.2, 0.25) is 0 Å². The van der Waals surface area contributed by atoms with Gasteiger partial charge in [0.25, 0.3) is 0 Å². The lowest BCUT2D eigenvalue weighted by atomic mass is 10.2. The van der Waals surface area contributed by atoms with Crippen molar-refractivity contribution < 1.29 is 38.9 Å². The molecule has 1 fully saturated rings. The molecule has 0 spiro atoms. The number of unbranched alkanes of at least 4 members (excludes halogenated alkanes) is 1. The van der Waals surface area contributed by atoms with Crippen molar-refractivity contribution in [1.29, 1.82) is 0 Å². The second-order valence-corrected chi connectivity index (χ2v) is 4.48. The van der Waals surface area contributed by atoms with E-state index in [0.717, 1.165) is 0 Å². The molecule has 2 N–H and O–H groups in total. The Morgan fingerprint density at radius 2 is 1.52 bits per heavy atom. The molecule has 0 amide bonds. The lowest BCUT2D eigenvalue weighted by molar-refractivity contribution is -0.164. The highest BCUT2D eigenvalue weighted by atomic mass is 16.6. The molecule has 120 valence electrons. The molecule has 8 heteroatoms. The zero-order chi connectivity index (χ0) is 16.3. The van der Waals surface area contributed by atoms with Crippen LogP contribution in [0.25, 0.3) is 0 Å². The highest BCUT2D eigenvalue weighted by Gasteiger charge is 2.17. The first-order valence-electron chi connectivity index (χ1n) is 6.60. The lowest BCUT2D eigenvalue weighted by Crippen LogP contribution is -2.26. The fourth-order valence-corrected chi connectivity index (χ4v) is 1.36. The van der Waals surface area contributed by atoms with Crippen LogP contribution in [0.5, 0.6) is 0 Å². The van der Waals surface area contributed by atoms with Crippen LogP contribution in [0.3, 0.4) is 0 Å². The quantitative estimate of drug-likeness (QED) is 0.568. The van der Waals surface area contributed by atoms with Crippen molar-refractivity contribution in [3.63, 3.8) is 0 Å². The lowest BCUT2D eigenvalue weighted by Gasteiger charge is -2.16. The molecule has 21 heavy (non-hydrogen) atoms. The van der Waals surface area contributed by atoms with Crippen molar-refractivity contribution in [3.8, 4) is 0 Å². The summed E-state index contributed by atoms with van der Waals surface area (Å²) in [5.74, 6) is -2.39. The molecule has 0 aromatic heterocycles. The molecule has 1 atom stereocenters. The van der Waals surface area contributed by atoms with Crippen LogP contribution in [-0.2, 0) is 28.7 Å². The fourth-order valence-electron chi connectivity index (χ4n) is 1.36. The minimum atomic E-state index is -0.870. The molecule has 0 saturated carbocycles. The Morgan fingerprint density at radius 3 is 2.00 bits per heavy atom. The number of carboxylic acids is 2. The molecule has 0 aliphatic carbocycles. The highest BCUT2D eigenvalue weighted by molar-refractivity contribution is 5.78. The Hall–Kier alpha value is -2.12. The standard InChI is InChI=1S/C7H10O4.C6H10O4/c1-5-4-10-6(8)2-3-7(9)11-5;7-5(8)3-1-2-4-6(9)10/h5H,2-4H2,1H3;1-4H2,(H,7,8)(H,9,10). The van der Waals surface area contributed by atoms with Crippen LogP contribution in [0.15, 0.2) is 0 Å². The number of carbonyl (C=O) groups is 4. The third-order valence-corrected chi connectivity index (χ3v) is 2.38. The number of hydrogen-bond donors (Lipinski definition) is 2. The fraction of sp³-hybridized carbons (Fsp3) is 0.692. The average Bonchev–Trinajstić information content (AvgIpc) is 2.38. The minimum Gasteiger partial charge on any atom is -0.481 e. The van der Waals surface area contributed by atoms with E-state index >= 15 is 0 Å². The molecule has 1 aliphatic heterocycles. The van der Waals surface area contributed by atoms with Gasteiger partial charge in [0.15, 0.2) is 0 Å². The molecule has 8 nitrogen and oxygen atoms in total. The van der Waals surface area contributed by atoms with Crippen molar-refractivity contribution in [2.24, 2.45) is 0 Å². The van der Waals surface area contributed by atoms with E-state index in [4.69, 9.17) is 19.7 Å². The summed E-state index contributed by atoms with van der Waals surface area (Å²) in [6.07, 6.45) is 0.963. The summed E-state index contributed by atoms with van der Waals surface area (Å²) >= 11 is 0. The summed E-state index contributed by atoms with van der Waals surface area (Å²) in [4.78, 5) is 41.3. The molecular formula is C13H20O8. The number of aliphatic carboxylic acids is 2. The Morgan fingerprint density at radius 1 is 1.05 bits per heavy atom. The number of carboxylic acid groups (broad SMARTS) is 2. The predicted octanol–water partition coefficient (Wildman–Crippen LogP) is 0.971. The second kappa shape index (κ2) is 10.6. The Labute approximate surface area is 122 Å². The number of rotatable bonds is 5. The van der Waals surface area contributed by atoms with Gasteiger partial charge < -0.3 is 19.7 Å². The van der Waals surface area contributed by atoms with E-state index < -0.39 is 11.9 Å². The largest absolute Gasteiger partial charge is 0.481 e. The summed E-state index contributed by atoms with van der Waals surface area (Å²) in [6.45, 7) is 1.86. The molecule has 0 aromatic rings. The minimum absolute atomic E-state index is 0.0628. The number of hydrogen-bond acceptors (Lipinski definition) is 6. The van der Waals surface area contributed by atoms with Crippen molar-refractivity contribution in [3.05, 3.63) is 0 Å². The Kier molecular flexibility index (Phi) is 9.57. The van der Waals surface area contributed by atoms with Crippen molar-refractivity contribution in [2.45, 2.75) is 51.6 Å². The van der Waals surface area contributed by atoms with E-state index in [2.05, 4.69) is 0 Å². The van der Waals surface area contributed by atoms with Gasteiger partial charge in [0.1, 0.15) is 12.7 Å². The molecule has 1 aliphatic rings. The molecule has 0 radical (unpaired) electrons. The Balaban J connectivity index is 0.000000384. The third kappa shape index (κ3) is 12.6. The molecule has 0 aromatic carbocycles. The summed E-state index contributed by atoms with van der Waals surface area (Å²) in [5.41, 5.74) is 0. The second-order valence-electron chi connectivity index (χ2n) is 4.48. The van der Waals surface area contributed by atoms with E-state index in [1.54, 1.807) is 6.92 Å².